The van der Waals surface area contributed by atoms with E-state index in [-0.39, 0.29) is 6.42 Å². The second-order valence-corrected chi connectivity index (χ2v) is 37.1. The first-order chi connectivity index (χ1) is 64.5. The highest BCUT2D eigenvalue weighted by Gasteiger charge is 2.63. The highest BCUT2D eigenvalue weighted by Crippen LogP contribution is 2.42. The van der Waals surface area contributed by atoms with Crippen molar-refractivity contribution in [2.24, 2.45) is 0 Å². The van der Waals surface area contributed by atoms with Gasteiger partial charge in [-0.05, 0) is 26.2 Å². The maximum absolute atomic E-state index is 13.9. The average molecular weight is 1950 g/mol. The molecule has 0 bridgehead atoms. The number of hydrogen-bond donors (Lipinski definition) is 25. The quantitative estimate of drug-likeness (QED) is 0.0218. The molecule has 7 aliphatic heterocycles. The lowest BCUT2D eigenvalue weighted by molar-refractivity contribution is -0.400. The van der Waals surface area contributed by atoms with Gasteiger partial charge in [-0.15, -0.1) is 0 Å². The number of ether oxygens (including phenoxy) is 14. The number of carboxylic acids is 1. The molecule has 0 aromatic heterocycles. The van der Waals surface area contributed by atoms with Crippen molar-refractivity contribution >= 4 is 29.6 Å². The van der Waals surface area contributed by atoms with Gasteiger partial charge in [0.05, 0.1) is 76.6 Å². The van der Waals surface area contributed by atoms with Crippen LogP contribution in [-0.4, -0.2) is 416 Å². The highest BCUT2D eigenvalue weighted by atomic mass is 16.8. The van der Waals surface area contributed by atoms with E-state index in [9.17, 15) is 131 Å². The molecule has 135 heavy (non-hydrogen) atoms. The largest absolute Gasteiger partial charge is 0.477 e. The van der Waals surface area contributed by atoms with E-state index in [1.54, 1.807) is 6.08 Å². The molecule has 44 heteroatoms. The van der Waals surface area contributed by atoms with Crippen molar-refractivity contribution < 1.29 is 198 Å². The van der Waals surface area contributed by atoms with Crippen LogP contribution in [0.2, 0.25) is 0 Å². The fraction of sp³-hybridized carbons (Fsp3) is 0.923. The Morgan fingerprint density at radius 1 is 0.407 bits per heavy atom. The summed E-state index contributed by atoms with van der Waals surface area (Å²) in [7, 11) is 0. The van der Waals surface area contributed by atoms with Gasteiger partial charge in [-0.3, -0.25) is 19.2 Å². The Bertz CT molecular complexity index is 3360. The molecule has 0 saturated carbocycles. The summed E-state index contributed by atoms with van der Waals surface area (Å²) in [5, 5.41) is 249. The second-order valence-electron chi connectivity index (χ2n) is 37.1. The maximum Gasteiger partial charge on any atom is 0.364 e. The molecule has 7 rings (SSSR count). The average Bonchev–Trinajstić information content (AvgIpc) is 0.748. The van der Waals surface area contributed by atoms with Gasteiger partial charge in [0.1, 0.15) is 159 Å². The number of aliphatic carboxylic acids is 1. The molecule has 0 aromatic rings. The molecule has 38 atom stereocenters. The number of aliphatic hydroxyl groups excluding tert-OH is 20. The van der Waals surface area contributed by atoms with Gasteiger partial charge >= 0.3 is 5.97 Å². The lowest BCUT2D eigenvalue weighted by Crippen LogP contribution is -2.72. The van der Waals surface area contributed by atoms with Crippen molar-refractivity contribution in [1.82, 2.24) is 21.3 Å². The van der Waals surface area contributed by atoms with Gasteiger partial charge in [0.15, 0.2) is 37.7 Å². The summed E-state index contributed by atoms with van der Waals surface area (Å²) in [6.07, 6.45) is -32.0. The fourth-order valence-electron chi connectivity index (χ4n) is 18.2. The fourth-order valence-corrected chi connectivity index (χ4v) is 18.2. The molecular formula is C91H162N4O40. The molecule has 25 N–H and O–H groups in total. The molecule has 0 aliphatic carbocycles. The summed E-state index contributed by atoms with van der Waals surface area (Å²) in [4.78, 5) is 66.3. The lowest BCUT2D eigenvalue weighted by Gasteiger charge is -2.52. The van der Waals surface area contributed by atoms with Gasteiger partial charge in [-0.2, -0.15) is 0 Å². The van der Waals surface area contributed by atoms with Crippen molar-refractivity contribution in [3.8, 4) is 0 Å². The Labute approximate surface area is 789 Å². The predicted octanol–water partition coefficient (Wildman–Crippen LogP) is -2.66. The van der Waals surface area contributed by atoms with Crippen molar-refractivity contribution in [3.63, 3.8) is 0 Å². The predicted molar refractivity (Wildman–Crippen MR) is 472 cm³/mol. The molecule has 7 heterocycles. The van der Waals surface area contributed by atoms with Crippen LogP contribution in [0.15, 0.2) is 12.2 Å². The molecule has 0 aromatic carbocycles. The summed E-state index contributed by atoms with van der Waals surface area (Å²) in [5.41, 5.74) is 0. The van der Waals surface area contributed by atoms with Crippen LogP contribution in [0.5, 0.6) is 0 Å². The first-order valence-corrected chi connectivity index (χ1v) is 49.0. The topological polar surface area (TPSA) is 688 Å². The van der Waals surface area contributed by atoms with Crippen molar-refractivity contribution in [3.05, 3.63) is 12.2 Å². The number of carbonyl (C=O) groups excluding carboxylic acids is 4. The van der Waals surface area contributed by atoms with E-state index in [1.807, 2.05) is 0 Å². The number of carboxylic acid groups (broad SMARTS) is 1. The lowest BCUT2D eigenvalue weighted by atomic mass is 9.88. The monoisotopic (exact) mass is 1950 g/mol. The van der Waals surface area contributed by atoms with Gasteiger partial charge < -0.3 is 195 Å². The van der Waals surface area contributed by atoms with Gasteiger partial charge in [-0.25, -0.2) is 4.79 Å². The van der Waals surface area contributed by atoms with Gasteiger partial charge in [-0.1, -0.05) is 206 Å². The molecule has 786 valence electrons. The van der Waals surface area contributed by atoms with E-state index >= 15 is 0 Å². The normalized spacial score (nSPS) is 36.7. The Hall–Kier alpha value is -4.27. The number of nitrogens with one attached hydrogen (secondary N) is 4. The van der Waals surface area contributed by atoms with E-state index in [0.717, 1.165) is 85.0 Å². The van der Waals surface area contributed by atoms with E-state index in [2.05, 4.69) is 35.1 Å². The zero-order valence-corrected chi connectivity index (χ0v) is 78.9. The third kappa shape index (κ3) is 35.3. The summed E-state index contributed by atoms with van der Waals surface area (Å²) in [6, 6.07) is -6.76. The number of aliphatic hydroxyl groups is 20. The molecule has 14 unspecified atom stereocenters. The molecule has 7 aliphatic rings. The first kappa shape index (κ1) is 118. The second kappa shape index (κ2) is 61.0. The van der Waals surface area contributed by atoms with Crippen LogP contribution in [0, 0.1) is 0 Å². The molecule has 44 nitrogen and oxygen atoms in total. The standard InChI is InChI=1S/C91H162N4O40/c1-7-9-11-13-15-17-19-21-22-23-24-25-26-28-30-32-34-36-38-40-62(107)95-53(54(104)39-37-35-33-31-29-27-20-18-16-14-12-10-8-2)47-122-86-75(117)73(115)78(59(45-99)128-86)130-88-76(118)82(70(112)61(129-88)48-123-84-64(93-51(5)102)71(113)68(110)57(43-97)125-84)133-85-65(94-52(6)103)81(79(60(46-100)127-85)131-87-74(116)72(114)66(108)49(3)124-87)132-89-77(119)83(69(111)58(44-98)126-89)135-91(90(120)121)41-55(105)63(92-50(4)101)80(134-91)67(109)56(106)42-96/h37,39,49,53-61,63-89,96-100,104-106,108-119H,7-36,38,40-48H2,1-6H3,(H,92,101)(H,93,102)(H,94,103)(H,95,107)(H,120,121)/b39-37+/t49?,53-,54+,55?,56+,57?,58?,59?,60?,61?,63+,64?,65?,66+,67+,68+,69-,70-,71+,72?,73+,74-,75?,76?,77?,78+,79+,80?,81+,82-,83-,84+,85-,86+,87+,88-,89-,91-/m0/s1. The minimum atomic E-state index is -3.36. The third-order valence-electron chi connectivity index (χ3n) is 26.2. The van der Waals surface area contributed by atoms with Crippen LogP contribution in [-0.2, 0) is 90.3 Å². The highest BCUT2D eigenvalue weighted by molar-refractivity contribution is 5.77. The zero-order chi connectivity index (χ0) is 99.2. The van der Waals surface area contributed by atoms with Crippen LogP contribution < -0.4 is 21.3 Å². The number of carbonyl (C=O) groups is 5. The first-order valence-electron chi connectivity index (χ1n) is 49.0. The van der Waals surface area contributed by atoms with E-state index < -0.39 is 315 Å². The smallest absolute Gasteiger partial charge is 0.364 e. The van der Waals surface area contributed by atoms with Crippen LogP contribution in [0.1, 0.15) is 253 Å². The number of rotatable bonds is 62. The van der Waals surface area contributed by atoms with Crippen molar-refractivity contribution in [2.45, 2.75) is 486 Å². The summed E-state index contributed by atoms with van der Waals surface area (Å²) in [5.74, 6) is -8.66. The Balaban J connectivity index is 1.16. The molecule has 0 radical (unpaired) electrons. The Kier molecular flexibility index (Phi) is 53.2. The van der Waals surface area contributed by atoms with E-state index in [0.29, 0.717) is 12.8 Å². The van der Waals surface area contributed by atoms with Crippen LogP contribution in [0.3, 0.4) is 0 Å². The van der Waals surface area contributed by atoms with Gasteiger partial charge in [0, 0.05) is 33.6 Å². The van der Waals surface area contributed by atoms with Crippen LogP contribution >= 0.6 is 0 Å². The van der Waals surface area contributed by atoms with E-state index in [4.69, 9.17) is 66.3 Å². The molecule has 0 spiro atoms. The summed E-state index contributed by atoms with van der Waals surface area (Å²) < 4.78 is 85.5. The molecule has 7 fully saturated rings. The number of hydrogen-bond acceptors (Lipinski definition) is 39. The van der Waals surface area contributed by atoms with Gasteiger partial charge in [0.25, 0.3) is 5.79 Å². The SMILES string of the molecule is CCCCCCCCCCCCC/C=C/[C@@H](O)[C@H](CO[C@@H]1OC(CO)[C@@H](O[C@@H]2OC(CO[C@@H]3OC(CO)[C@@H](O)[C@H](O)C3NC(C)=O)[C@H](O)[C@H](O[C@@H]3OC(CO)[C@@H](O[C@H]4OC(C)[C@@H](O)C(O)[C@@H]4O)[C@H](O[C@@H]4OC(CO)[C@H](O)[C@H](O[C@]5(C(=O)O)CC(O)[C@@H](NC(C)=O)C([C@H](O)[C@H](O)CO)O5)C4O)C3NC(C)=O)C2O)[C@H](O)C1O)NC(=O)CCCCCCCCCCCCCCCCCCCCC. The Morgan fingerprint density at radius 3 is 1.35 bits per heavy atom. The zero-order valence-electron chi connectivity index (χ0n) is 78.9. The summed E-state index contributed by atoms with van der Waals surface area (Å²) >= 11 is 0. The van der Waals surface area contributed by atoms with Crippen LogP contribution in [0.25, 0.3) is 0 Å². The van der Waals surface area contributed by atoms with Crippen molar-refractivity contribution in [1.29, 1.82) is 0 Å². The number of unbranched alkanes of at least 4 members (excludes halogenated alkanes) is 29. The minimum Gasteiger partial charge on any atom is -0.477 e. The Morgan fingerprint density at radius 2 is 0.830 bits per heavy atom. The maximum atomic E-state index is 13.9. The van der Waals surface area contributed by atoms with E-state index in [1.165, 1.54) is 135 Å². The minimum absolute atomic E-state index is 0.106. The molecular weight excluding hydrogens is 1790 g/mol. The molecule has 7 saturated heterocycles. The van der Waals surface area contributed by atoms with Crippen molar-refractivity contribution in [2.75, 3.05) is 46.2 Å². The molecule has 4 amide bonds. The number of amides is 4. The third-order valence-corrected chi connectivity index (χ3v) is 26.2. The van der Waals surface area contributed by atoms with Gasteiger partial charge in [0.2, 0.25) is 23.6 Å². The van der Waals surface area contributed by atoms with Crippen LogP contribution in [0.4, 0.5) is 0 Å². The summed E-state index contributed by atoms with van der Waals surface area (Å²) in [6.45, 7) is 1.25. The number of allylic oxidation sites excluding steroid dienone is 1.